The van der Waals surface area contributed by atoms with Crippen LogP contribution < -0.4 is 15.0 Å². The van der Waals surface area contributed by atoms with Crippen molar-refractivity contribution in [2.45, 2.75) is 18.9 Å². The fraction of sp³-hybridized carbons (Fsp3) is 0.417. The van der Waals surface area contributed by atoms with Crippen LogP contribution in [0.15, 0.2) is 48.5 Å². The van der Waals surface area contributed by atoms with Crippen LogP contribution >= 0.6 is 0 Å². The highest BCUT2D eigenvalue weighted by Gasteiger charge is 2.25. The Hall–Kier alpha value is -2.90. The standard InChI is InChI=1S/C24H29N3O4/c1-30-21-9-7-18(8-10-21)22(26-12-14-31-15-13-26)17-25-24(29)19-4-2-5-20(16-19)27-11-3-6-23(27)28/h2,4-5,7-10,16,22H,3,6,11-15,17H2,1H3,(H,25,29)/t22-/m1/s1. The van der Waals surface area contributed by atoms with Crippen molar-refractivity contribution in [3.8, 4) is 5.75 Å². The maximum atomic E-state index is 12.9. The molecule has 2 amide bonds. The smallest absolute Gasteiger partial charge is 0.251 e. The average Bonchev–Trinajstić information content (AvgIpc) is 3.26. The summed E-state index contributed by atoms with van der Waals surface area (Å²) >= 11 is 0. The zero-order valence-corrected chi connectivity index (χ0v) is 17.9. The summed E-state index contributed by atoms with van der Waals surface area (Å²) < 4.78 is 10.8. The summed E-state index contributed by atoms with van der Waals surface area (Å²) in [5, 5.41) is 3.10. The van der Waals surface area contributed by atoms with Gasteiger partial charge in [-0.1, -0.05) is 18.2 Å². The van der Waals surface area contributed by atoms with Crippen molar-refractivity contribution in [1.29, 1.82) is 0 Å². The number of amides is 2. The molecule has 2 heterocycles. The first-order chi connectivity index (χ1) is 15.2. The molecule has 2 aliphatic heterocycles. The van der Waals surface area contributed by atoms with Gasteiger partial charge in [0.05, 0.1) is 26.4 Å². The molecule has 0 saturated carbocycles. The fourth-order valence-corrected chi connectivity index (χ4v) is 4.20. The second-order valence-corrected chi connectivity index (χ2v) is 7.85. The summed E-state index contributed by atoms with van der Waals surface area (Å²) in [6.45, 7) is 4.20. The Bertz CT molecular complexity index is 909. The average molecular weight is 424 g/mol. The maximum Gasteiger partial charge on any atom is 0.251 e. The Balaban J connectivity index is 1.47. The van der Waals surface area contributed by atoms with Crippen molar-refractivity contribution in [3.63, 3.8) is 0 Å². The van der Waals surface area contributed by atoms with Gasteiger partial charge in [-0.15, -0.1) is 0 Å². The Morgan fingerprint density at radius 1 is 1.13 bits per heavy atom. The Morgan fingerprint density at radius 2 is 1.90 bits per heavy atom. The number of benzene rings is 2. The predicted octanol–water partition coefficient (Wildman–Crippen LogP) is 2.63. The van der Waals surface area contributed by atoms with Crippen LogP contribution in [0.5, 0.6) is 5.75 Å². The number of rotatable bonds is 7. The molecule has 0 bridgehead atoms. The lowest BCUT2D eigenvalue weighted by Crippen LogP contribution is -2.43. The van der Waals surface area contributed by atoms with Gasteiger partial charge in [0, 0.05) is 43.9 Å². The molecular weight excluding hydrogens is 394 g/mol. The lowest BCUT2D eigenvalue weighted by Gasteiger charge is -2.35. The monoisotopic (exact) mass is 423 g/mol. The quantitative estimate of drug-likeness (QED) is 0.741. The van der Waals surface area contributed by atoms with Crippen LogP contribution in [-0.2, 0) is 9.53 Å². The van der Waals surface area contributed by atoms with Gasteiger partial charge in [-0.25, -0.2) is 0 Å². The second kappa shape index (κ2) is 9.94. The molecule has 1 N–H and O–H groups in total. The van der Waals surface area contributed by atoms with Crippen molar-refractivity contribution in [2.24, 2.45) is 0 Å². The van der Waals surface area contributed by atoms with Crippen LogP contribution in [0.4, 0.5) is 5.69 Å². The van der Waals surface area contributed by atoms with Gasteiger partial charge in [-0.3, -0.25) is 14.5 Å². The van der Waals surface area contributed by atoms with E-state index in [1.807, 2.05) is 36.4 Å². The molecule has 0 radical (unpaired) electrons. The third-order valence-electron chi connectivity index (χ3n) is 5.94. The van der Waals surface area contributed by atoms with E-state index in [1.54, 1.807) is 24.1 Å². The Morgan fingerprint density at radius 3 is 2.58 bits per heavy atom. The molecule has 7 nitrogen and oxygen atoms in total. The lowest BCUT2D eigenvalue weighted by atomic mass is 10.0. The molecule has 2 fully saturated rings. The summed E-state index contributed by atoms with van der Waals surface area (Å²) in [7, 11) is 1.65. The molecule has 1 atom stereocenters. The first-order valence-electron chi connectivity index (χ1n) is 10.8. The summed E-state index contributed by atoms with van der Waals surface area (Å²) in [5.41, 5.74) is 2.47. The molecule has 2 aromatic rings. The minimum Gasteiger partial charge on any atom is -0.497 e. The summed E-state index contributed by atoms with van der Waals surface area (Å²) in [6, 6.07) is 15.3. The SMILES string of the molecule is COc1ccc([C@@H](CNC(=O)c2cccc(N3CCCC3=O)c2)N2CCOCC2)cc1. The van der Waals surface area contributed by atoms with Gasteiger partial charge in [0.2, 0.25) is 5.91 Å². The minimum atomic E-state index is -0.139. The second-order valence-electron chi connectivity index (χ2n) is 7.85. The first-order valence-corrected chi connectivity index (χ1v) is 10.8. The van der Waals surface area contributed by atoms with Gasteiger partial charge in [0.15, 0.2) is 0 Å². The van der Waals surface area contributed by atoms with E-state index in [4.69, 9.17) is 9.47 Å². The third kappa shape index (κ3) is 5.06. The van der Waals surface area contributed by atoms with Gasteiger partial charge in [0.1, 0.15) is 5.75 Å². The van der Waals surface area contributed by atoms with E-state index >= 15 is 0 Å². The summed E-state index contributed by atoms with van der Waals surface area (Å²) in [5.74, 6) is 0.784. The van der Waals surface area contributed by atoms with Gasteiger partial charge < -0.3 is 19.7 Å². The lowest BCUT2D eigenvalue weighted by molar-refractivity contribution is -0.117. The summed E-state index contributed by atoms with van der Waals surface area (Å²) in [4.78, 5) is 29.1. The molecule has 0 unspecified atom stereocenters. The van der Waals surface area contributed by atoms with Crippen LogP contribution in [0.25, 0.3) is 0 Å². The largest absolute Gasteiger partial charge is 0.497 e. The van der Waals surface area contributed by atoms with Gasteiger partial charge in [0.25, 0.3) is 5.91 Å². The van der Waals surface area contributed by atoms with E-state index in [9.17, 15) is 9.59 Å². The van der Waals surface area contributed by atoms with E-state index in [2.05, 4.69) is 10.2 Å². The number of morpholine rings is 1. The number of nitrogens with zero attached hydrogens (tertiary/aromatic N) is 2. The predicted molar refractivity (Wildman–Crippen MR) is 118 cm³/mol. The zero-order valence-electron chi connectivity index (χ0n) is 17.9. The van der Waals surface area contributed by atoms with Crippen molar-refractivity contribution < 1.29 is 19.1 Å². The van der Waals surface area contributed by atoms with Gasteiger partial charge in [-0.05, 0) is 42.3 Å². The van der Waals surface area contributed by atoms with Crippen molar-refractivity contribution in [1.82, 2.24) is 10.2 Å². The number of ether oxygens (including phenoxy) is 2. The molecule has 0 aromatic heterocycles. The van der Waals surface area contributed by atoms with E-state index in [0.717, 1.165) is 36.5 Å². The molecule has 2 saturated heterocycles. The molecule has 2 aromatic carbocycles. The fourth-order valence-electron chi connectivity index (χ4n) is 4.20. The zero-order chi connectivity index (χ0) is 21.6. The van der Waals surface area contributed by atoms with Crippen LogP contribution in [0.3, 0.4) is 0 Å². The number of anilines is 1. The normalized spacial score (nSPS) is 18.1. The molecular formula is C24H29N3O4. The van der Waals surface area contributed by atoms with Gasteiger partial charge >= 0.3 is 0 Å². The molecule has 4 rings (SSSR count). The summed E-state index contributed by atoms with van der Waals surface area (Å²) in [6.07, 6.45) is 1.43. The van der Waals surface area contributed by atoms with Crippen LogP contribution in [0.1, 0.15) is 34.8 Å². The molecule has 0 aliphatic carbocycles. The highest BCUT2D eigenvalue weighted by molar-refractivity contribution is 5.99. The Labute approximate surface area is 182 Å². The highest BCUT2D eigenvalue weighted by Crippen LogP contribution is 2.25. The minimum absolute atomic E-state index is 0.0436. The van der Waals surface area contributed by atoms with E-state index in [-0.39, 0.29) is 17.9 Å². The number of carbonyl (C=O) groups excluding carboxylic acids is 2. The van der Waals surface area contributed by atoms with E-state index < -0.39 is 0 Å². The number of nitrogens with one attached hydrogen (secondary N) is 1. The number of hydrogen-bond acceptors (Lipinski definition) is 5. The molecule has 7 heteroatoms. The molecule has 2 aliphatic rings. The van der Waals surface area contributed by atoms with Crippen LogP contribution in [0, 0.1) is 0 Å². The number of carbonyl (C=O) groups is 2. The Kier molecular flexibility index (Phi) is 6.84. The van der Waals surface area contributed by atoms with Crippen molar-refractivity contribution in [2.75, 3.05) is 51.4 Å². The van der Waals surface area contributed by atoms with Crippen molar-refractivity contribution in [3.05, 3.63) is 59.7 Å². The molecule has 31 heavy (non-hydrogen) atoms. The van der Waals surface area contributed by atoms with E-state index in [1.165, 1.54) is 0 Å². The van der Waals surface area contributed by atoms with E-state index in [0.29, 0.717) is 38.3 Å². The molecule has 0 spiro atoms. The van der Waals surface area contributed by atoms with Crippen molar-refractivity contribution >= 4 is 17.5 Å². The van der Waals surface area contributed by atoms with Crippen LogP contribution in [0.2, 0.25) is 0 Å². The number of hydrogen-bond donors (Lipinski definition) is 1. The maximum absolute atomic E-state index is 12.9. The molecule has 164 valence electrons. The third-order valence-corrected chi connectivity index (χ3v) is 5.94. The topological polar surface area (TPSA) is 71.1 Å². The van der Waals surface area contributed by atoms with Crippen LogP contribution in [-0.4, -0.2) is 63.2 Å². The first kappa shape index (κ1) is 21.3. The number of methoxy groups -OCH3 is 1. The highest BCUT2D eigenvalue weighted by atomic mass is 16.5. The van der Waals surface area contributed by atoms with Gasteiger partial charge in [-0.2, -0.15) is 0 Å².